The van der Waals surface area contributed by atoms with Gasteiger partial charge < -0.3 is 14.4 Å². The number of amides is 1. The first kappa shape index (κ1) is 18.4. The van der Waals surface area contributed by atoms with Crippen LogP contribution in [0.3, 0.4) is 0 Å². The van der Waals surface area contributed by atoms with E-state index in [0.29, 0.717) is 12.5 Å². The molecule has 0 bridgehead atoms. The SMILES string of the molecule is Cc1noc(C)c1-c1ccc2c(c1)nc([C@@H]1CCC(=O)N1)n2[C@H]1CC[C@H](C)CC1. The summed E-state index contributed by atoms with van der Waals surface area (Å²) in [7, 11) is 0. The van der Waals surface area contributed by atoms with E-state index in [9.17, 15) is 4.79 Å². The third kappa shape index (κ3) is 3.15. The summed E-state index contributed by atoms with van der Waals surface area (Å²) in [5, 5.41) is 7.23. The highest BCUT2D eigenvalue weighted by molar-refractivity contribution is 5.84. The van der Waals surface area contributed by atoms with Gasteiger partial charge in [0.25, 0.3) is 0 Å². The van der Waals surface area contributed by atoms with Crippen molar-refractivity contribution >= 4 is 16.9 Å². The van der Waals surface area contributed by atoms with Crippen LogP contribution in [0.4, 0.5) is 0 Å². The lowest BCUT2D eigenvalue weighted by molar-refractivity contribution is -0.119. The number of rotatable bonds is 3. The van der Waals surface area contributed by atoms with Gasteiger partial charge in [-0.15, -0.1) is 0 Å². The smallest absolute Gasteiger partial charge is 0.220 e. The van der Waals surface area contributed by atoms with Crippen molar-refractivity contribution in [2.75, 3.05) is 0 Å². The number of fused-ring (bicyclic) bond motifs is 1. The van der Waals surface area contributed by atoms with Crippen molar-refractivity contribution in [1.82, 2.24) is 20.0 Å². The van der Waals surface area contributed by atoms with E-state index in [0.717, 1.165) is 51.8 Å². The lowest BCUT2D eigenvalue weighted by atomic mass is 9.87. The van der Waals surface area contributed by atoms with Crippen LogP contribution in [0.15, 0.2) is 22.7 Å². The van der Waals surface area contributed by atoms with Crippen LogP contribution in [0, 0.1) is 19.8 Å². The zero-order chi connectivity index (χ0) is 20.1. The lowest BCUT2D eigenvalue weighted by Crippen LogP contribution is -2.25. The molecule has 3 heterocycles. The lowest BCUT2D eigenvalue weighted by Gasteiger charge is -2.30. The molecule has 1 atom stereocenters. The highest BCUT2D eigenvalue weighted by atomic mass is 16.5. The Kier molecular flexibility index (Phi) is 4.45. The molecule has 1 saturated heterocycles. The molecule has 0 radical (unpaired) electrons. The minimum Gasteiger partial charge on any atom is -0.361 e. The first-order valence-corrected chi connectivity index (χ1v) is 10.8. The Morgan fingerprint density at radius 3 is 2.59 bits per heavy atom. The molecule has 1 aliphatic carbocycles. The summed E-state index contributed by atoms with van der Waals surface area (Å²) in [5.74, 6) is 2.76. The van der Waals surface area contributed by atoms with E-state index < -0.39 is 0 Å². The molecule has 1 aromatic carbocycles. The molecule has 1 saturated carbocycles. The summed E-state index contributed by atoms with van der Waals surface area (Å²) in [6.07, 6.45) is 6.25. The number of hydrogen-bond acceptors (Lipinski definition) is 4. The molecule has 0 spiro atoms. The van der Waals surface area contributed by atoms with Crippen molar-refractivity contribution < 1.29 is 9.32 Å². The topological polar surface area (TPSA) is 72.9 Å². The van der Waals surface area contributed by atoms with Crippen molar-refractivity contribution in [2.24, 2.45) is 5.92 Å². The van der Waals surface area contributed by atoms with Crippen LogP contribution >= 0.6 is 0 Å². The van der Waals surface area contributed by atoms with E-state index >= 15 is 0 Å². The van der Waals surface area contributed by atoms with Gasteiger partial charge in [0.15, 0.2) is 0 Å². The fraction of sp³-hybridized carbons (Fsp3) is 0.522. The summed E-state index contributed by atoms with van der Waals surface area (Å²) in [6.45, 7) is 6.26. The number of nitrogens with one attached hydrogen (secondary N) is 1. The molecule has 1 aliphatic heterocycles. The van der Waals surface area contributed by atoms with Gasteiger partial charge >= 0.3 is 0 Å². The molecule has 152 valence electrons. The van der Waals surface area contributed by atoms with Gasteiger partial charge in [-0.1, -0.05) is 18.1 Å². The van der Waals surface area contributed by atoms with E-state index in [4.69, 9.17) is 9.51 Å². The zero-order valence-corrected chi connectivity index (χ0v) is 17.4. The summed E-state index contributed by atoms with van der Waals surface area (Å²) < 4.78 is 7.79. The second kappa shape index (κ2) is 7.01. The second-order valence-electron chi connectivity index (χ2n) is 8.82. The normalized spacial score (nSPS) is 24.9. The summed E-state index contributed by atoms with van der Waals surface area (Å²) in [5.41, 5.74) is 5.17. The first-order chi connectivity index (χ1) is 14.0. The van der Waals surface area contributed by atoms with Gasteiger partial charge in [0.2, 0.25) is 5.91 Å². The Morgan fingerprint density at radius 1 is 1.14 bits per heavy atom. The summed E-state index contributed by atoms with van der Waals surface area (Å²) in [4.78, 5) is 16.9. The van der Waals surface area contributed by atoms with Gasteiger partial charge in [-0.25, -0.2) is 4.98 Å². The predicted molar refractivity (Wildman–Crippen MR) is 111 cm³/mol. The average Bonchev–Trinajstić information content (AvgIpc) is 3.39. The van der Waals surface area contributed by atoms with Crippen molar-refractivity contribution in [3.63, 3.8) is 0 Å². The molecule has 6 heteroatoms. The third-order valence-corrected chi connectivity index (χ3v) is 6.70. The molecular weight excluding hydrogens is 364 g/mol. The van der Waals surface area contributed by atoms with E-state index in [1.54, 1.807) is 0 Å². The summed E-state index contributed by atoms with van der Waals surface area (Å²) in [6, 6.07) is 6.94. The fourth-order valence-electron chi connectivity index (χ4n) is 5.11. The van der Waals surface area contributed by atoms with Gasteiger partial charge in [-0.05, 0) is 69.6 Å². The van der Waals surface area contributed by atoms with Crippen LogP contribution in [0.2, 0.25) is 0 Å². The first-order valence-electron chi connectivity index (χ1n) is 10.8. The van der Waals surface area contributed by atoms with E-state index in [-0.39, 0.29) is 11.9 Å². The number of imidazole rings is 1. The highest BCUT2D eigenvalue weighted by Gasteiger charge is 2.31. The molecular formula is C23H28N4O2. The molecule has 6 nitrogen and oxygen atoms in total. The number of benzene rings is 1. The molecule has 2 aromatic heterocycles. The van der Waals surface area contributed by atoms with Gasteiger partial charge in [-0.3, -0.25) is 4.79 Å². The number of carbonyl (C=O) groups excluding carboxylic acids is 1. The van der Waals surface area contributed by atoms with Crippen LogP contribution < -0.4 is 5.32 Å². The van der Waals surface area contributed by atoms with Crippen LogP contribution in [0.5, 0.6) is 0 Å². The standard InChI is InChI=1S/C23H28N4O2/c1-13-4-7-17(8-5-13)27-20-10-6-16(22-14(2)26-29-15(22)3)12-19(20)25-23(27)18-9-11-21(28)24-18/h6,10,12-13,17-18H,4-5,7-9,11H2,1-3H3,(H,24,28)/t13-,17-,18-/m0/s1. The Bertz CT molecular complexity index is 1050. The number of carbonyl (C=O) groups is 1. The van der Waals surface area contributed by atoms with Gasteiger partial charge in [-0.2, -0.15) is 0 Å². The molecule has 5 rings (SSSR count). The maximum absolute atomic E-state index is 11.9. The van der Waals surface area contributed by atoms with Crippen molar-refractivity contribution in [3.8, 4) is 11.1 Å². The second-order valence-corrected chi connectivity index (χ2v) is 8.82. The number of nitrogens with zero attached hydrogens (tertiary/aromatic N) is 3. The quantitative estimate of drug-likeness (QED) is 0.680. The maximum Gasteiger partial charge on any atom is 0.220 e. The molecule has 3 aromatic rings. The average molecular weight is 393 g/mol. The van der Waals surface area contributed by atoms with E-state index in [1.165, 1.54) is 25.7 Å². The molecule has 29 heavy (non-hydrogen) atoms. The Hall–Kier alpha value is -2.63. The molecule has 0 unspecified atom stereocenters. The number of aryl methyl sites for hydroxylation is 2. The largest absolute Gasteiger partial charge is 0.361 e. The maximum atomic E-state index is 11.9. The monoisotopic (exact) mass is 392 g/mol. The van der Waals surface area contributed by atoms with Crippen LogP contribution in [-0.4, -0.2) is 20.6 Å². The summed E-state index contributed by atoms with van der Waals surface area (Å²) >= 11 is 0. The Balaban J connectivity index is 1.63. The van der Waals surface area contributed by atoms with Gasteiger partial charge in [0.05, 0.1) is 22.8 Å². The molecule has 1 N–H and O–H groups in total. The minimum absolute atomic E-state index is 0.0109. The Morgan fingerprint density at radius 2 is 1.93 bits per heavy atom. The van der Waals surface area contributed by atoms with Gasteiger partial charge in [0, 0.05) is 18.0 Å². The van der Waals surface area contributed by atoms with Crippen LogP contribution in [0.25, 0.3) is 22.2 Å². The van der Waals surface area contributed by atoms with Crippen molar-refractivity contribution in [1.29, 1.82) is 0 Å². The minimum atomic E-state index is 0.0109. The zero-order valence-electron chi connectivity index (χ0n) is 17.4. The fourth-order valence-corrected chi connectivity index (χ4v) is 5.11. The van der Waals surface area contributed by atoms with Crippen molar-refractivity contribution in [3.05, 3.63) is 35.5 Å². The molecule has 2 fully saturated rings. The molecule has 2 aliphatic rings. The molecule has 1 amide bonds. The van der Waals surface area contributed by atoms with E-state index in [1.807, 2.05) is 13.8 Å². The highest BCUT2D eigenvalue weighted by Crippen LogP contribution is 2.39. The Labute approximate surface area is 170 Å². The van der Waals surface area contributed by atoms with Crippen molar-refractivity contribution in [2.45, 2.75) is 71.4 Å². The third-order valence-electron chi connectivity index (χ3n) is 6.70. The van der Waals surface area contributed by atoms with Crippen LogP contribution in [0.1, 0.15) is 74.8 Å². The predicted octanol–water partition coefficient (Wildman–Crippen LogP) is 5.01. The number of aromatic nitrogens is 3. The van der Waals surface area contributed by atoms with Crippen LogP contribution in [-0.2, 0) is 4.79 Å². The number of hydrogen-bond donors (Lipinski definition) is 1. The van der Waals surface area contributed by atoms with E-state index in [2.05, 4.69) is 40.2 Å². The van der Waals surface area contributed by atoms with Gasteiger partial charge in [0.1, 0.15) is 11.6 Å².